The van der Waals surface area contributed by atoms with Gasteiger partial charge < -0.3 is 15.7 Å². The third kappa shape index (κ3) is 2.04. The van der Waals surface area contributed by atoms with Crippen molar-refractivity contribution in [3.8, 4) is 0 Å². The molecule has 7 heteroatoms. The smallest absolute Gasteiger partial charge is 0.266 e. The topological polar surface area (TPSA) is 92.3 Å². The quantitative estimate of drug-likeness (QED) is 0.844. The Labute approximate surface area is 113 Å². The molecule has 1 aliphatic heterocycles. The molecule has 19 heavy (non-hydrogen) atoms. The summed E-state index contributed by atoms with van der Waals surface area (Å²) in [6.07, 6.45) is 2.41. The van der Waals surface area contributed by atoms with E-state index in [0.29, 0.717) is 28.5 Å². The van der Waals surface area contributed by atoms with E-state index in [4.69, 9.17) is 10.8 Å². The third-order valence-corrected chi connectivity index (χ3v) is 4.54. The SMILES string of the molecule is Nc1c(C(=O)N2CCC(CO)C2)sc2nnccc12. The van der Waals surface area contributed by atoms with Crippen LogP contribution in [0.3, 0.4) is 0 Å². The second-order valence-electron chi connectivity index (χ2n) is 4.68. The summed E-state index contributed by atoms with van der Waals surface area (Å²) in [5, 5.41) is 17.7. The Morgan fingerprint density at radius 1 is 1.63 bits per heavy atom. The lowest BCUT2D eigenvalue weighted by Crippen LogP contribution is -2.29. The number of aromatic nitrogens is 2. The van der Waals surface area contributed by atoms with E-state index < -0.39 is 0 Å². The number of thiophene rings is 1. The summed E-state index contributed by atoms with van der Waals surface area (Å²) < 4.78 is 0. The van der Waals surface area contributed by atoms with E-state index in [1.807, 2.05) is 0 Å². The van der Waals surface area contributed by atoms with Crippen molar-refractivity contribution in [2.45, 2.75) is 6.42 Å². The Kier molecular flexibility index (Phi) is 3.08. The number of likely N-dealkylation sites (tertiary alicyclic amines) is 1. The van der Waals surface area contributed by atoms with Crippen LogP contribution in [0.5, 0.6) is 0 Å². The van der Waals surface area contributed by atoms with E-state index >= 15 is 0 Å². The Morgan fingerprint density at radius 2 is 2.47 bits per heavy atom. The molecule has 3 heterocycles. The number of anilines is 1. The van der Waals surface area contributed by atoms with Crippen molar-refractivity contribution in [3.05, 3.63) is 17.1 Å². The number of nitrogens with two attached hydrogens (primary N) is 1. The maximum atomic E-state index is 12.4. The Hall–Kier alpha value is -1.73. The lowest BCUT2D eigenvalue weighted by Gasteiger charge is -2.15. The number of rotatable bonds is 2. The monoisotopic (exact) mass is 278 g/mol. The first-order valence-corrected chi connectivity index (χ1v) is 6.92. The summed E-state index contributed by atoms with van der Waals surface area (Å²) in [6, 6.07) is 1.77. The number of carbonyl (C=O) groups excluding carboxylic acids is 1. The van der Waals surface area contributed by atoms with Gasteiger partial charge in [-0.25, -0.2) is 0 Å². The molecule has 0 bridgehead atoms. The molecule has 1 aliphatic rings. The molecular weight excluding hydrogens is 264 g/mol. The fraction of sp³-hybridized carbons (Fsp3) is 0.417. The molecular formula is C12H14N4O2S. The first-order valence-electron chi connectivity index (χ1n) is 6.10. The van der Waals surface area contributed by atoms with Crippen molar-refractivity contribution >= 4 is 33.1 Å². The van der Waals surface area contributed by atoms with Gasteiger partial charge in [-0.3, -0.25) is 4.79 Å². The summed E-state index contributed by atoms with van der Waals surface area (Å²) in [6.45, 7) is 1.38. The molecule has 0 aliphatic carbocycles. The summed E-state index contributed by atoms with van der Waals surface area (Å²) in [5.41, 5.74) is 6.50. The van der Waals surface area contributed by atoms with Crippen molar-refractivity contribution in [2.24, 2.45) is 5.92 Å². The normalized spacial score (nSPS) is 19.2. The van der Waals surface area contributed by atoms with Crippen molar-refractivity contribution in [1.82, 2.24) is 15.1 Å². The number of nitrogen functional groups attached to an aromatic ring is 1. The molecule has 0 spiro atoms. The Bertz CT molecular complexity index is 627. The van der Waals surface area contributed by atoms with Gasteiger partial charge in [0.15, 0.2) is 0 Å². The Balaban J connectivity index is 1.92. The molecule has 1 atom stereocenters. The van der Waals surface area contributed by atoms with E-state index in [9.17, 15) is 4.79 Å². The average Bonchev–Trinajstić information content (AvgIpc) is 3.04. The standard InChI is InChI=1S/C12H14N4O2S/c13-9-8-1-3-14-15-11(8)19-10(9)12(18)16-4-2-7(5-16)6-17/h1,3,7,17H,2,4-6,13H2. The minimum atomic E-state index is -0.0727. The van der Waals surface area contributed by atoms with Gasteiger partial charge in [-0.2, -0.15) is 5.10 Å². The van der Waals surface area contributed by atoms with Gasteiger partial charge in [0.2, 0.25) is 0 Å². The van der Waals surface area contributed by atoms with Gasteiger partial charge in [0, 0.05) is 31.0 Å². The highest BCUT2D eigenvalue weighted by molar-refractivity contribution is 7.21. The fourth-order valence-electron chi connectivity index (χ4n) is 2.34. The molecule has 1 amide bonds. The van der Waals surface area contributed by atoms with Crippen LogP contribution in [0.15, 0.2) is 12.3 Å². The number of amides is 1. The fourth-order valence-corrected chi connectivity index (χ4v) is 3.35. The highest BCUT2D eigenvalue weighted by Gasteiger charge is 2.29. The number of hydrogen-bond donors (Lipinski definition) is 2. The zero-order chi connectivity index (χ0) is 13.4. The number of nitrogens with zero attached hydrogens (tertiary/aromatic N) is 3. The summed E-state index contributed by atoms with van der Waals surface area (Å²) in [7, 11) is 0. The molecule has 1 saturated heterocycles. The number of hydrogen-bond acceptors (Lipinski definition) is 6. The van der Waals surface area contributed by atoms with E-state index in [1.165, 1.54) is 11.3 Å². The maximum absolute atomic E-state index is 12.4. The van der Waals surface area contributed by atoms with Crippen LogP contribution in [-0.2, 0) is 0 Å². The van der Waals surface area contributed by atoms with Gasteiger partial charge in [-0.15, -0.1) is 16.4 Å². The van der Waals surface area contributed by atoms with Crippen LogP contribution in [0.1, 0.15) is 16.1 Å². The van der Waals surface area contributed by atoms with Gasteiger partial charge in [-0.05, 0) is 12.5 Å². The van der Waals surface area contributed by atoms with Gasteiger partial charge in [0.25, 0.3) is 5.91 Å². The minimum absolute atomic E-state index is 0.0727. The molecule has 1 fully saturated rings. The van der Waals surface area contributed by atoms with Crippen LogP contribution < -0.4 is 5.73 Å². The highest BCUT2D eigenvalue weighted by Crippen LogP contribution is 2.33. The lowest BCUT2D eigenvalue weighted by molar-refractivity contribution is 0.0787. The number of carbonyl (C=O) groups is 1. The van der Waals surface area contributed by atoms with Crippen LogP contribution in [0.4, 0.5) is 5.69 Å². The van der Waals surface area contributed by atoms with Crippen LogP contribution in [0, 0.1) is 5.92 Å². The second-order valence-corrected chi connectivity index (χ2v) is 5.68. The van der Waals surface area contributed by atoms with Crippen LogP contribution in [0.2, 0.25) is 0 Å². The highest BCUT2D eigenvalue weighted by atomic mass is 32.1. The number of fused-ring (bicyclic) bond motifs is 1. The predicted octanol–water partition coefficient (Wildman–Crippen LogP) is 0.728. The van der Waals surface area contributed by atoms with Crippen molar-refractivity contribution < 1.29 is 9.90 Å². The average molecular weight is 278 g/mol. The second kappa shape index (κ2) is 4.75. The van der Waals surface area contributed by atoms with Gasteiger partial charge >= 0.3 is 0 Å². The van der Waals surface area contributed by atoms with Crippen molar-refractivity contribution in [2.75, 3.05) is 25.4 Å². The number of aliphatic hydroxyl groups is 1. The zero-order valence-corrected chi connectivity index (χ0v) is 11.1. The maximum Gasteiger partial charge on any atom is 0.266 e. The molecule has 0 saturated carbocycles. The van der Waals surface area contributed by atoms with E-state index in [2.05, 4.69) is 10.2 Å². The molecule has 100 valence electrons. The van der Waals surface area contributed by atoms with Crippen LogP contribution >= 0.6 is 11.3 Å². The third-order valence-electron chi connectivity index (χ3n) is 3.45. The number of aliphatic hydroxyl groups excluding tert-OH is 1. The summed E-state index contributed by atoms with van der Waals surface area (Å²) in [4.78, 5) is 15.4. The van der Waals surface area contributed by atoms with Crippen molar-refractivity contribution in [1.29, 1.82) is 0 Å². The lowest BCUT2D eigenvalue weighted by atomic mass is 10.1. The molecule has 1 unspecified atom stereocenters. The molecule has 2 aromatic heterocycles. The van der Waals surface area contributed by atoms with E-state index in [1.54, 1.807) is 17.2 Å². The molecule has 6 nitrogen and oxygen atoms in total. The van der Waals surface area contributed by atoms with Gasteiger partial charge in [0.1, 0.15) is 9.71 Å². The molecule has 3 N–H and O–H groups in total. The first kappa shape index (κ1) is 12.3. The molecule has 3 rings (SSSR count). The van der Waals surface area contributed by atoms with Crippen LogP contribution in [-0.4, -0.2) is 45.8 Å². The van der Waals surface area contributed by atoms with E-state index in [0.717, 1.165) is 11.8 Å². The Morgan fingerprint density at radius 3 is 3.16 bits per heavy atom. The predicted molar refractivity (Wildman–Crippen MR) is 72.9 cm³/mol. The van der Waals surface area contributed by atoms with Gasteiger partial charge in [-0.1, -0.05) is 0 Å². The molecule has 0 aromatic carbocycles. The van der Waals surface area contributed by atoms with Crippen LogP contribution in [0.25, 0.3) is 10.2 Å². The zero-order valence-electron chi connectivity index (χ0n) is 10.2. The first-order chi connectivity index (χ1) is 9.20. The van der Waals surface area contributed by atoms with E-state index in [-0.39, 0.29) is 18.4 Å². The van der Waals surface area contributed by atoms with Gasteiger partial charge in [0.05, 0.1) is 11.9 Å². The molecule has 2 aromatic rings. The largest absolute Gasteiger partial charge is 0.397 e. The summed E-state index contributed by atoms with van der Waals surface area (Å²) >= 11 is 1.28. The molecule has 0 radical (unpaired) electrons. The van der Waals surface area contributed by atoms with Crippen molar-refractivity contribution in [3.63, 3.8) is 0 Å². The minimum Gasteiger partial charge on any atom is -0.397 e. The summed E-state index contributed by atoms with van der Waals surface area (Å²) in [5.74, 6) is 0.107.